The molecular formula is C19H14ClN3O4. The lowest BCUT2D eigenvalue weighted by atomic mass is 10.1. The first-order chi connectivity index (χ1) is 12.9. The molecule has 0 aliphatic heterocycles. The predicted molar refractivity (Wildman–Crippen MR) is 99.2 cm³/mol. The van der Waals surface area contributed by atoms with Gasteiger partial charge in [-0.3, -0.25) is 0 Å². The molecule has 3 rings (SSSR count). The summed E-state index contributed by atoms with van der Waals surface area (Å²) in [5.41, 5.74) is 1.07. The van der Waals surface area contributed by atoms with Gasteiger partial charge in [-0.05, 0) is 37.3 Å². The lowest BCUT2D eigenvalue weighted by Crippen LogP contribution is -2.18. The molecule has 3 N–H and O–H groups in total. The molecule has 0 saturated carbocycles. The van der Waals surface area contributed by atoms with E-state index in [-0.39, 0.29) is 27.7 Å². The average Bonchev–Trinajstić information content (AvgIpc) is 3.05. The van der Waals surface area contributed by atoms with Crippen LogP contribution >= 0.6 is 11.6 Å². The van der Waals surface area contributed by atoms with Gasteiger partial charge in [-0.1, -0.05) is 23.7 Å². The van der Waals surface area contributed by atoms with E-state index in [2.05, 4.69) is 9.97 Å². The highest BCUT2D eigenvalue weighted by molar-refractivity contribution is 6.30. The van der Waals surface area contributed by atoms with E-state index < -0.39 is 17.8 Å². The standard InChI is InChI=1S/C19H14ClN3O4/c1-10(27-19(26)12-7-6-11(20)8-16(12)24)17(25)13(9-21)18-22-14-4-2-3-5-15(14)23-18/h2-8,10,24-25H,1H3,(H,22,23)/b17-13-/t10-/m1/s1. The number of rotatable bonds is 4. The molecule has 0 spiro atoms. The number of phenolic OH excluding ortho intramolecular Hbond substituents is 1. The molecule has 8 heteroatoms. The number of ether oxygens (including phenoxy) is 1. The molecule has 0 saturated heterocycles. The average molecular weight is 384 g/mol. The number of carbonyl (C=O) groups excluding carboxylic acids is 1. The minimum atomic E-state index is -1.14. The molecule has 0 aliphatic carbocycles. The fourth-order valence-corrected chi connectivity index (χ4v) is 2.63. The third kappa shape index (κ3) is 3.71. The Morgan fingerprint density at radius 1 is 1.33 bits per heavy atom. The lowest BCUT2D eigenvalue weighted by molar-refractivity contribution is 0.0331. The highest BCUT2D eigenvalue weighted by Gasteiger charge is 2.23. The molecule has 0 aliphatic rings. The number of hydrogen-bond donors (Lipinski definition) is 3. The van der Waals surface area contributed by atoms with Crippen molar-refractivity contribution >= 4 is 34.2 Å². The molecule has 1 aromatic heterocycles. The van der Waals surface area contributed by atoms with Crippen LogP contribution in [0.4, 0.5) is 0 Å². The van der Waals surface area contributed by atoms with Gasteiger partial charge < -0.3 is 19.9 Å². The summed E-state index contributed by atoms with van der Waals surface area (Å²) in [4.78, 5) is 19.4. The van der Waals surface area contributed by atoms with Crippen molar-refractivity contribution in [2.24, 2.45) is 0 Å². The van der Waals surface area contributed by atoms with Gasteiger partial charge in [0.25, 0.3) is 0 Å². The van der Waals surface area contributed by atoms with Crippen molar-refractivity contribution in [1.82, 2.24) is 9.97 Å². The van der Waals surface area contributed by atoms with E-state index in [0.717, 1.165) is 0 Å². The first-order valence-corrected chi connectivity index (χ1v) is 8.26. The van der Waals surface area contributed by atoms with Crippen LogP contribution in [0, 0.1) is 11.3 Å². The number of benzene rings is 2. The van der Waals surface area contributed by atoms with Crippen molar-refractivity contribution in [1.29, 1.82) is 5.26 Å². The molecule has 136 valence electrons. The number of H-pyrrole nitrogens is 1. The second kappa shape index (κ2) is 7.40. The smallest absolute Gasteiger partial charge is 0.342 e. The zero-order valence-electron chi connectivity index (χ0n) is 14.1. The minimum Gasteiger partial charge on any atom is -0.507 e. The predicted octanol–water partition coefficient (Wildman–Crippen LogP) is 3.96. The minimum absolute atomic E-state index is 0.110. The van der Waals surface area contributed by atoms with E-state index in [0.29, 0.717) is 11.0 Å². The van der Waals surface area contributed by atoms with Crippen molar-refractivity contribution in [3.8, 4) is 11.8 Å². The highest BCUT2D eigenvalue weighted by atomic mass is 35.5. The number of nitrogens with zero attached hydrogens (tertiary/aromatic N) is 2. The van der Waals surface area contributed by atoms with Gasteiger partial charge in [-0.2, -0.15) is 5.26 Å². The Morgan fingerprint density at radius 3 is 2.74 bits per heavy atom. The molecule has 7 nitrogen and oxygen atoms in total. The van der Waals surface area contributed by atoms with Crippen molar-refractivity contribution in [3.63, 3.8) is 0 Å². The van der Waals surface area contributed by atoms with E-state index in [1.165, 1.54) is 25.1 Å². The fraction of sp³-hybridized carbons (Fsp3) is 0.105. The zero-order chi connectivity index (χ0) is 19.6. The molecule has 2 aromatic carbocycles. The van der Waals surface area contributed by atoms with E-state index >= 15 is 0 Å². The van der Waals surface area contributed by atoms with Crippen molar-refractivity contribution < 1.29 is 19.7 Å². The molecular weight excluding hydrogens is 370 g/mol. The summed E-state index contributed by atoms with van der Waals surface area (Å²) in [7, 11) is 0. The topological polar surface area (TPSA) is 119 Å². The number of halogens is 1. The zero-order valence-corrected chi connectivity index (χ0v) is 14.9. The summed E-state index contributed by atoms with van der Waals surface area (Å²) < 4.78 is 5.15. The molecule has 27 heavy (non-hydrogen) atoms. The van der Waals surface area contributed by atoms with Crippen LogP contribution < -0.4 is 0 Å². The number of esters is 1. The van der Waals surface area contributed by atoms with E-state index in [1.54, 1.807) is 18.2 Å². The third-order valence-corrected chi connectivity index (χ3v) is 4.08. The Bertz CT molecular complexity index is 1060. The monoisotopic (exact) mass is 383 g/mol. The number of nitriles is 1. The SMILES string of the molecule is C[C@@H](OC(=O)c1ccc(Cl)cc1O)/C(O)=C(\C#N)c1nc2ccccc2[nH]1. The van der Waals surface area contributed by atoms with Crippen LogP contribution in [0.1, 0.15) is 23.1 Å². The Kier molecular flexibility index (Phi) is 5.01. The fourth-order valence-electron chi connectivity index (χ4n) is 2.46. The van der Waals surface area contributed by atoms with Crippen LogP contribution in [0.2, 0.25) is 5.02 Å². The lowest BCUT2D eigenvalue weighted by Gasteiger charge is -2.14. The molecule has 1 atom stereocenters. The summed E-state index contributed by atoms with van der Waals surface area (Å²) >= 11 is 5.73. The number of aromatic nitrogens is 2. The number of aliphatic hydroxyl groups excluding tert-OH is 1. The van der Waals surface area contributed by atoms with Gasteiger partial charge in [-0.15, -0.1) is 0 Å². The Balaban J connectivity index is 1.88. The number of carbonyl (C=O) groups is 1. The molecule has 1 heterocycles. The van der Waals surface area contributed by atoms with Crippen LogP contribution in [0.3, 0.4) is 0 Å². The van der Waals surface area contributed by atoms with Gasteiger partial charge >= 0.3 is 5.97 Å². The maximum Gasteiger partial charge on any atom is 0.342 e. The van der Waals surface area contributed by atoms with Crippen LogP contribution in [0.15, 0.2) is 48.2 Å². The maximum absolute atomic E-state index is 12.2. The number of para-hydroxylation sites is 2. The molecule has 0 fully saturated rings. The van der Waals surface area contributed by atoms with Crippen molar-refractivity contribution in [3.05, 3.63) is 64.6 Å². The second-order valence-corrected chi connectivity index (χ2v) is 6.12. The van der Waals surface area contributed by atoms with Crippen molar-refractivity contribution in [2.75, 3.05) is 0 Å². The summed E-state index contributed by atoms with van der Waals surface area (Å²) in [6.45, 7) is 1.40. The molecule has 3 aromatic rings. The van der Waals surface area contributed by atoms with E-state index in [9.17, 15) is 20.3 Å². The Labute approximate surface area is 159 Å². The van der Waals surface area contributed by atoms with E-state index in [1.807, 2.05) is 12.1 Å². The number of fused-ring (bicyclic) bond motifs is 1. The summed E-state index contributed by atoms with van der Waals surface area (Å²) in [5.74, 6) is -1.52. The number of aliphatic hydroxyl groups is 1. The van der Waals surface area contributed by atoms with Gasteiger partial charge in [0, 0.05) is 5.02 Å². The van der Waals surface area contributed by atoms with Crippen LogP contribution in [0.25, 0.3) is 16.6 Å². The summed E-state index contributed by atoms with van der Waals surface area (Å²) in [6.07, 6.45) is -1.14. The van der Waals surface area contributed by atoms with Crippen molar-refractivity contribution in [2.45, 2.75) is 13.0 Å². The summed E-state index contributed by atoms with van der Waals surface area (Å²) in [6, 6.07) is 12.9. The van der Waals surface area contributed by atoms with Crippen LogP contribution in [0.5, 0.6) is 5.75 Å². The number of aromatic hydroxyl groups is 1. The quantitative estimate of drug-likeness (QED) is 0.356. The van der Waals surface area contributed by atoms with Gasteiger partial charge in [-0.25, -0.2) is 9.78 Å². The first-order valence-electron chi connectivity index (χ1n) is 7.88. The number of phenols is 1. The number of nitrogens with one attached hydrogen (secondary N) is 1. The first kappa shape index (κ1) is 18.3. The van der Waals surface area contributed by atoms with E-state index in [4.69, 9.17) is 16.3 Å². The van der Waals surface area contributed by atoms with Gasteiger partial charge in [0.15, 0.2) is 17.7 Å². The number of allylic oxidation sites excluding steroid dienone is 1. The number of imidazole rings is 1. The van der Waals surface area contributed by atoms with Gasteiger partial charge in [0.2, 0.25) is 0 Å². The third-order valence-electron chi connectivity index (χ3n) is 3.84. The Morgan fingerprint density at radius 2 is 2.07 bits per heavy atom. The summed E-state index contributed by atoms with van der Waals surface area (Å²) in [5, 5.41) is 29.9. The Hall–Kier alpha value is -3.50. The maximum atomic E-state index is 12.2. The van der Waals surface area contributed by atoms with Crippen LogP contribution in [-0.2, 0) is 4.74 Å². The highest BCUT2D eigenvalue weighted by Crippen LogP contribution is 2.25. The normalized spacial score (nSPS) is 12.9. The largest absolute Gasteiger partial charge is 0.507 e. The second-order valence-electron chi connectivity index (χ2n) is 5.68. The van der Waals surface area contributed by atoms with Gasteiger partial charge in [0.1, 0.15) is 23.0 Å². The molecule has 0 unspecified atom stereocenters. The molecule has 0 bridgehead atoms. The van der Waals surface area contributed by atoms with Gasteiger partial charge in [0.05, 0.1) is 11.0 Å². The van der Waals surface area contributed by atoms with Crippen LogP contribution in [-0.4, -0.2) is 32.3 Å². The number of hydrogen-bond acceptors (Lipinski definition) is 6. The molecule has 0 amide bonds. The molecule has 0 radical (unpaired) electrons. The number of aromatic amines is 1.